The van der Waals surface area contributed by atoms with E-state index in [4.69, 9.17) is 5.73 Å². The van der Waals surface area contributed by atoms with E-state index in [1.54, 1.807) is 0 Å². The van der Waals surface area contributed by atoms with Crippen LogP contribution in [0.15, 0.2) is 16.6 Å². The van der Waals surface area contributed by atoms with Gasteiger partial charge in [0.25, 0.3) is 0 Å². The van der Waals surface area contributed by atoms with Crippen molar-refractivity contribution in [3.05, 3.63) is 33.3 Å². The second-order valence-corrected chi connectivity index (χ2v) is 4.62. The highest BCUT2D eigenvalue weighted by atomic mass is 79.9. The van der Waals surface area contributed by atoms with Crippen molar-refractivity contribution in [2.24, 2.45) is 5.73 Å². The van der Waals surface area contributed by atoms with Crippen LogP contribution in [-0.2, 0) is 0 Å². The van der Waals surface area contributed by atoms with Crippen molar-refractivity contribution in [3.8, 4) is 0 Å². The van der Waals surface area contributed by atoms with Gasteiger partial charge in [-0.2, -0.15) is 0 Å². The lowest BCUT2D eigenvalue weighted by atomic mass is 9.97. The van der Waals surface area contributed by atoms with Crippen LogP contribution >= 0.6 is 15.9 Å². The van der Waals surface area contributed by atoms with Crippen molar-refractivity contribution in [1.29, 1.82) is 0 Å². The Morgan fingerprint density at radius 3 is 2.36 bits per heavy atom. The summed E-state index contributed by atoms with van der Waals surface area (Å²) in [5, 5.41) is 9.85. The Kier molecular flexibility index (Phi) is 3.70. The molecular weight excluding hydrogens is 242 g/mol. The number of nitrogens with two attached hydrogens (primary N) is 1. The van der Waals surface area contributed by atoms with Gasteiger partial charge in [-0.05, 0) is 43.5 Å². The molecule has 1 aromatic carbocycles. The van der Waals surface area contributed by atoms with Crippen LogP contribution < -0.4 is 5.73 Å². The molecule has 0 spiro atoms. The molecule has 0 unspecified atom stereocenters. The third kappa shape index (κ3) is 2.35. The molecule has 0 radical (unpaired) electrons. The van der Waals surface area contributed by atoms with E-state index < -0.39 is 6.10 Å². The van der Waals surface area contributed by atoms with Crippen molar-refractivity contribution in [3.63, 3.8) is 0 Å². The van der Waals surface area contributed by atoms with Gasteiger partial charge in [-0.25, -0.2) is 0 Å². The predicted molar refractivity (Wildman–Crippen MR) is 62.2 cm³/mol. The van der Waals surface area contributed by atoms with Crippen LogP contribution in [-0.4, -0.2) is 11.1 Å². The number of hydrogen-bond donors (Lipinski definition) is 2. The number of benzene rings is 1. The zero-order valence-corrected chi connectivity index (χ0v) is 10.3. The first-order valence-corrected chi connectivity index (χ1v) is 5.43. The highest BCUT2D eigenvalue weighted by molar-refractivity contribution is 9.10. The van der Waals surface area contributed by atoms with Crippen LogP contribution in [0.1, 0.15) is 29.7 Å². The SMILES string of the molecule is Cc1cc([C@@H](O)[C@H](C)N)c(C)cc1Br. The van der Waals surface area contributed by atoms with E-state index in [-0.39, 0.29) is 6.04 Å². The van der Waals surface area contributed by atoms with E-state index >= 15 is 0 Å². The summed E-state index contributed by atoms with van der Waals surface area (Å²) in [4.78, 5) is 0. The summed E-state index contributed by atoms with van der Waals surface area (Å²) < 4.78 is 1.07. The van der Waals surface area contributed by atoms with Crippen molar-refractivity contribution in [1.82, 2.24) is 0 Å². The fourth-order valence-electron chi connectivity index (χ4n) is 1.41. The lowest BCUT2D eigenvalue weighted by Crippen LogP contribution is -2.25. The van der Waals surface area contributed by atoms with Gasteiger partial charge in [-0.3, -0.25) is 0 Å². The van der Waals surface area contributed by atoms with Crippen molar-refractivity contribution in [2.75, 3.05) is 0 Å². The van der Waals surface area contributed by atoms with Crippen LogP contribution in [0.4, 0.5) is 0 Å². The largest absolute Gasteiger partial charge is 0.387 e. The summed E-state index contributed by atoms with van der Waals surface area (Å²) >= 11 is 3.45. The van der Waals surface area contributed by atoms with Gasteiger partial charge in [0.1, 0.15) is 0 Å². The van der Waals surface area contributed by atoms with E-state index in [1.807, 2.05) is 32.9 Å². The first kappa shape index (κ1) is 11.7. The minimum Gasteiger partial charge on any atom is -0.387 e. The molecule has 3 heteroatoms. The predicted octanol–water partition coefficient (Wildman–Crippen LogP) is 2.45. The summed E-state index contributed by atoms with van der Waals surface area (Å²) in [6, 6.07) is 3.75. The number of aryl methyl sites for hydroxylation is 2. The number of halogens is 1. The summed E-state index contributed by atoms with van der Waals surface area (Å²) in [6.07, 6.45) is -0.582. The molecule has 0 aliphatic rings. The monoisotopic (exact) mass is 257 g/mol. The molecule has 0 aromatic heterocycles. The van der Waals surface area contributed by atoms with Gasteiger partial charge in [0.15, 0.2) is 0 Å². The van der Waals surface area contributed by atoms with Gasteiger partial charge >= 0.3 is 0 Å². The average Bonchev–Trinajstić information content (AvgIpc) is 2.10. The lowest BCUT2D eigenvalue weighted by molar-refractivity contribution is 0.152. The van der Waals surface area contributed by atoms with E-state index in [0.29, 0.717) is 0 Å². The molecule has 2 nitrogen and oxygen atoms in total. The van der Waals surface area contributed by atoms with Crippen molar-refractivity contribution in [2.45, 2.75) is 32.9 Å². The molecule has 1 rings (SSSR count). The summed E-state index contributed by atoms with van der Waals surface area (Å²) in [7, 11) is 0. The fraction of sp³-hybridized carbons (Fsp3) is 0.455. The molecule has 14 heavy (non-hydrogen) atoms. The van der Waals surface area contributed by atoms with Crippen LogP contribution in [0.5, 0.6) is 0 Å². The number of rotatable bonds is 2. The smallest absolute Gasteiger partial charge is 0.0940 e. The number of aliphatic hydroxyl groups is 1. The molecule has 0 aliphatic carbocycles. The summed E-state index contributed by atoms with van der Waals surface area (Å²) in [5.41, 5.74) is 8.76. The average molecular weight is 258 g/mol. The number of hydrogen-bond acceptors (Lipinski definition) is 2. The van der Waals surface area contributed by atoms with E-state index in [9.17, 15) is 5.11 Å². The zero-order valence-electron chi connectivity index (χ0n) is 8.71. The molecule has 0 saturated heterocycles. The molecule has 0 heterocycles. The molecule has 1 aromatic rings. The van der Waals surface area contributed by atoms with E-state index in [2.05, 4.69) is 15.9 Å². The molecule has 0 aliphatic heterocycles. The second kappa shape index (κ2) is 4.43. The standard InChI is InChI=1S/C11H16BrNO/c1-6-5-10(12)7(2)4-9(6)11(14)8(3)13/h4-5,8,11,14H,13H2,1-3H3/t8-,11-/m0/s1. The maximum Gasteiger partial charge on any atom is 0.0940 e. The van der Waals surface area contributed by atoms with Crippen LogP contribution in [0.25, 0.3) is 0 Å². The minimum absolute atomic E-state index is 0.241. The van der Waals surface area contributed by atoms with Crippen molar-refractivity contribution < 1.29 is 5.11 Å². The molecule has 2 atom stereocenters. The van der Waals surface area contributed by atoms with Gasteiger partial charge < -0.3 is 10.8 Å². The van der Waals surface area contributed by atoms with Crippen molar-refractivity contribution >= 4 is 15.9 Å². The second-order valence-electron chi connectivity index (χ2n) is 3.76. The molecular formula is C11H16BrNO. The zero-order chi connectivity index (χ0) is 10.9. The summed E-state index contributed by atoms with van der Waals surface area (Å²) in [5.74, 6) is 0. The molecule has 0 bridgehead atoms. The minimum atomic E-state index is -0.582. The third-order valence-corrected chi connectivity index (χ3v) is 3.22. The molecule has 78 valence electrons. The van der Waals surface area contributed by atoms with Gasteiger partial charge in [0.2, 0.25) is 0 Å². The van der Waals surface area contributed by atoms with E-state index in [1.165, 1.54) is 0 Å². The highest BCUT2D eigenvalue weighted by Gasteiger charge is 2.15. The molecule has 0 amide bonds. The maximum atomic E-state index is 9.85. The Morgan fingerprint density at radius 1 is 1.29 bits per heavy atom. The normalized spacial score (nSPS) is 15.3. The van der Waals surface area contributed by atoms with Gasteiger partial charge in [-0.1, -0.05) is 22.0 Å². The first-order valence-electron chi connectivity index (χ1n) is 4.63. The summed E-state index contributed by atoms with van der Waals surface area (Å²) in [6.45, 7) is 5.79. The first-order chi connectivity index (χ1) is 6.43. The fourth-order valence-corrected chi connectivity index (χ4v) is 1.86. The van der Waals surface area contributed by atoms with Gasteiger partial charge in [0.05, 0.1) is 6.10 Å². The van der Waals surface area contributed by atoms with E-state index in [0.717, 1.165) is 21.2 Å². The highest BCUT2D eigenvalue weighted by Crippen LogP contribution is 2.26. The Bertz CT molecular complexity index is 336. The van der Waals surface area contributed by atoms with Crippen LogP contribution in [0, 0.1) is 13.8 Å². The Balaban J connectivity index is 3.15. The van der Waals surface area contributed by atoms with Crippen LogP contribution in [0.3, 0.4) is 0 Å². The Labute approximate surface area is 93.3 Å². The maximum absolute atomic E-state index is 9.85. The molecule has 0 fully saturated rings. The van der Waals surface area contributed by atoms with Gasteiger partial charge in [-0.15, -0.1) is 0 Å². The molecule has 3 N–H and O–H groups in total. The van der Waals surface area contributed by atoms with Crippen LogP contribution in [0.2, 0.25) is 0 Å². The number of aliphatic hydroxyl groups excluding tert-OH is 1. The quantitative estimate of drug-likeness (QED) is 0.855. The Hall–Kier alpha value is -0.380. The third-order valence-electron chi connectivity index (χ3n) is 2.36. The molecule has 0 saturated carbocycles. The van der Waals surface area contributed by atoms with Gasteiger partial charge in [0, 0.05) is 10.5 Å². The topological polar surface area (TPSA) is 46.2 Å². The lowest BCUT2D eigenvalue weighted by Gasteiger charge is -2.18. The Morgan fingerprint density at radius 2 is 1.86 bits per heavy atom.